The Kier molecular flexibility index (Phi) is 7.76. The van der Waals surface area contributed by atoms with E-state index in [2.05, 4.69) is 5.10 Å². The molecule has 3 rings (SSSR count). The Morgan fingerprint density at radius 1 is 1.00 bits per heavy atom. The van der Waals surface area contributed by atoms with E-state index < -0.39 is 10.0 Å². The van der Waals surface area contributed by atoms with Gasteiger partial charge in [-0.15, -0.1) is 0 Å². The summed E-state index contributed by atoms with van der Waals surface area (Å²) in [6.07, 6.45) is 4.01. The van der Waals surface area contributed by atoms with E-state index >= 15 is 0 Å². The Morgan fingerprint density at radius 2 is 1.72 bits per heavy atom. The van der Waals surface area contributed by atoms with Gasteiger partial charge in [0.1, 0.15) is 5.75 Å². The van der Waals surface area contributed by atoms with Crippen molar-refractivity contribution in [2.24, 2.45) is 7.05 Å². The second-order valence-electron chi connectivity index (χ2n) is 7.20. The van der Waals surface area contributed by atoms with Crippen molar-refractivity contribution in [3.8, 4) is 17.2 Å². The second kappa shape index (κ2) is 10.5. The van der Waals surface area contributed by atoms with E-state index in [-0.39, 0.29) is 11.4 Å². The molecule has 2 aromatic carbocycles. The van der Waals surface area contributed by atoms with Crippen LogP contribution < -0.4 is 14.2 Å². The van der Waals surface area contributed by atoms with Crippen molar-refractivity contribution in [2.45, 2.75) is 24.8 Å². The molecule has 0 aliphatic rings. The quantitative estimate of drug-likeness (QED) is 0.438. The summed E-state index contributed by atoms with van der Waals surface area (Å²) in [6, 6.07) is 12.1. The number of aryl methyl sites for hydroxylation is 1. The highest BCUT2D eigenvalue weighted by Crippen LogP contribution is 2.28. The summed E-state index contributed by atoms with van der Waals surface area (Å²) in [5, 5.41) is 4.16. The van der Waals surface area contributed by atoms with Crippen LogP contribution in [0.3, 0.4) is 0 Å². The Bertz CT molecular complexity index is 1130. The van der Waals surface area contributed by atoms with Crippen LogP contribution in [-0.4, -0.2) is 49.9 Å². The lowest BCUT2D eigenvalue weighted by molar-refractivity contribution is 0.340. The molecular formula is C23H29N3O5S. The zero-order valence-corrected chi connectivity index (χ0v) is 19.6. The van der Waals surface area contributed by atoms with Crippen molar-refractivity contribution < 1.29 is 22.6 Å². The minimum absolute atomic E-state index is 0.219. The van der Waals surface area contributed by atoms with Crippen molar-refractivity contribution in [3.63, 3.8) is 0 Å². The van der Waals surface area contributed by atoms with Crippen molar-refractivity contribution >= 4 is 10.0 Å². The van der Waals surface area contributed by atoms with Gasteiger partial charge in [-0.2, -0.15) is 9.40 Å². The highest BCUT2D eigenvalue weighted by molar-refractivity contribution is 7.89. The van der Waals surface area contributed by atoms with Gasteiger partial charge in [0, 0.05) is 31.9 Å². The van der Waals surface area contributed by atoms with Gasteiger partial charge in [-0.05, 0) is 55.3 Å². The van der Waals surface area contributed by atoms with Crippen LogP contribution in [-0.2, 0) is 30.0 Å². The fraction of sp³-hybridized carbons (Fsp3) is 0.348. The normalized spacial score (nSPS) is 11.5. The average Bonchev–Trinajstić information content (AvgIpc) is 3.21. The number of ether oxygens (including phenoxy) is 3. The van der Waals surface area contributed by atoms with Gasteiger partial charge >= 0.3 is 0 Å². The third-order valence-corrected chi connectivity index (χ3v) is 6.85. The number of rotatable bonds is 11. The van der Waals surface area contributed by atoms with Crippen molar-refractivity contribution in [2.75, 3.05) is 27.4 Å². The summed E-state index contributed by atoms with van der Waals surface area (Å²) in [4.78, 5) is 0.220. The standard InChI is InChI=1S/C23H29N3O5S/c1-5-31-20-7-9-21(10-8-20)32(27,28)26(17-19-15-24-25(2)16-19)13-12-18-6-11-22(29-3)23(14-18)30-4/h6-11,14-16H,5,12-13,17H2,1-4H3. The number of sulfonamides is 1. The molecule has 0 unspecified atom stereocenters. The molecule has 0 atom stereocenters. The van der Waals surface area contributed by atoms with Gasteiger partial charge in [0.2, 0.25) is 10.0 Å². The minimum Gasteiger partial charge on any atom is -0.494 e. The van der Waals surface area contributed by atoms with Gasteiger partial charge in [0.05, 0.1) is 31.9 Å². The van der Waals surface area contributed by atoms with Gasteiger partial charge in [0.25, 0.3) is 0 Å². The topological polar surface area (TPSA) is 82.9 Å². The summed E-state index contributed by atoms with van der Waals surface area (Å²) in [7, 11) is 1.22. The maximum Gasteiger partial charge on any atom is 0.243 e. The maximum atomic E-state index is 13.5. The molecule has 0 saturated carbocycles. The van der Waals surface area contributed by atoms with Gasteiger partial charge in [-0.3, -0.25) is 4.68 Å². The molecule has 1 heterocycles. The van der Waals surface area contributed by atoms with E-state index in [9.17, 15) is 8.42 Å². The number of methoxy groups -OCH3 is 2. The van der Waals surface area contributed by atoms with Gasteiger partial charge in [-0.1, -0.05) is 6.07 Å². The lowest BCUT2D eigenvalue weighted by Gasteiger charge is -2.22. The van der Waals surface area contributed by atoms with Gasteiger partial charge < -0.3 is 14.2 Å². The third kappa shape index (κ3) is 5.60. The van der Waals surface area contributed by atoms with E-state index in [4.69, 9.17) is 14.2 Å². The number of hydrogen-bond donors (Lipinski definition) is 0. The summed E-state index contributed by atoms with van der Waals surface area (Å²) < 4.78 is 46.2. The van der Waals surface area contributed by atoms with E-state index in [1.54, 1.807) is 56.4 Å². The number of hydrogen-bond acceptors (Lipinski definition) is 6. The Labute approximate surface area is 189 Å². The first-order valence-corrected chi connectivity index (χ1v) is 11.7. The SMILES string of the molecule is CCOc1ccc(S(=O)(=O)N(CCc2ccc(OC)c(OC)c2)Cc2cnn(C)c2)cc1. The molecule has 172 valence electrons. The predicted octanol–water partition coefficient (Wildman–Crippen LogP) is 3.27. The highest BCUT2D eigenvalue weighted by atomic mass is 32.2. The van der Waals surface area contributed by atoms with Crippen LogP contribution in [0.5, 0.6) is 17.2 Å². The molecule has 3 aromatic rings. The van der Waals surface area contributed by atoms with E-state index in [1.807, 2.05) is 31.3 Å². The summed E-state index contributed by atoms with van der Waals surface area (Å²) in [5.74, 6) is 1.87. The molecule has 0 aliphatic heterocycles. The minimum atomic E-state index is -3.74. The molecule has 0 bridgehead atoms. The Hall–Kier alpha value is -3.04. The van der Waals surface area contributed by atoms with Crippen molar-refractivity contribution in [1.82, 2.24) is 14.1 Å². The predicted molar refractivity (Wildman–Crippen MR) is 122 cm³/mol. The molecule has 32 heavy (non-hydrogen) atoms. The third-order valence-electron chi connectivity index (χ3n) is 4.99. The van der Waals surface area contributed by atoms with Crippen LogP contribution in [0, 0.1) is 0 Å². The molecule has 0 N–H and O–H groups in total. The highest BCUT2D eigenvalue weighted by Gasteiger charge is 2.25. The number of nitrogens with zero attached hydrogens (tertiary/aromatic N) is 3. The van der Waals surface area contributed by atoms with Crippen LogP contribution >= 0.6 is 0 Å². The van der Waals surface area contributed by atoms with Crippen LogP contribution in [0.4, 0.5) is 0 Å². The average molecular weight is 460 g/mol. The first kappa shape index (κ1) is 23.6. The summed E-state index contributed by atoms with van der Waals surface area (Å²) >= 11 is 0. The maximum absolute atomic E-state index is 13.5. The van der Waals surface area contributed by atoms with Crippen molar-refractivity contribution in [1.29, 1.82) is 0 Å². The van der Waals surface area contributed by atoms with E-state index in [0.29, 0.717) is 36.8 Å². The van der Waals surface area contributed by atoms with E-state index in [1.165, 1.54) is 4.31 Å². The second-order valence-corrected chi connectivity index (χ2v) is 9.14. The Morgan fingerprint density at radius 3 is 2.31 bits per heavy atom. The van der Waals surface area contributed by atoms with Gasteiger partial charge in [0.15, 0.2) is 11.5 Å². The summed E-state index contributed by atoms with van der Waals surface area (Å²) in [5.41, 5.74) is 1.76. The van der Waals surface area contributed by atoms with Crippen LogP contribution in [0.1, 0.15) is 18.1 Å². The Balaban J connectivity index is 1.86. The smallest absolute Gasteiger partial charge is 0.243 e. The van der Waals surface area contributed by atoms with Crippen molar-refractivity contribution in [3.05, 3.63) is 66.0 Å². The van der Waals surface area contributed by atoms with Crippen LogP contribution in [0.25, 0.3) is 0 Å². The fourth-order valence-corrected chi connectivity index (χ4v) is 4.78. The molecule has 0 amide bonds. The molecular weight excluding hydrogens is 430 g/mol. The number of aromatic nitrogens is 2. The zero-order valence-electron chi connectivity index (χ0n) is 18.8. The zero-order chi connectivity index (χ0) is 23.1. The molecule has 1 aromatic heterocycles. The largest absolute Gasteiger partial charge is 0.494 e. The molecule has 0 aliphatic carbocycles. The number of benzene rings is 2. The van der Waals surface area contributed by atoms with Gasteiger partial charge in [-0.25, -0.2) is 8.42 Å². The molecule has 9 heteroatoms. The van der Waals surface area contributed by atoms with E-state index in [0.717, 1.165) is 11.1 Å². The molecule has 0 spiro atoms. The monoisotopic (exact) mass is 459 g/mol. The summed E-state index contributed by atoms with van der Waals surface area (Å²) in [6.45, 7) is 2.91. The van der Waals surface area contributed by atoms with Crippen LogP contribution in [0.2, 0.25) is 0 Å². The lowest BCUT2D eigenvalue weighted by Crippen LogP contribution is -2.32. The molecule has 8 nitrogen and oxygen atoms in total. The van der Waals surface area contributed by atoms with Crippen LogP contribution in [0.15, 0.2) is 59.8 Å². The molecule has 0 fully saturated rings. The first-order chi connectivity index (χ1) is 15.4. The fourth-order valence-electron chi connectivity index (χ4n) is 3.35. The molecule has 0 saturated heterocycles. The molecule has 0 radical (unpaired) electrons. The lowest BCUT2D eigenvalue weighted by atomic mass is 10.1. The first-order valence-electron chi connectivity index (χ1n) is 10.3.